The fraction of sp³-hybridized carbons (Fsp3) is 0.833. The number of Topliss-reactive ketones (excluding diaryl/α,β-unsaturated/α-hetero) is 1. The summed E-state index contributed by atoms with van der Waals surface area (Å²) in [5.74, 6) is -0.970. The zero-order valence-corrected chi connectivity index (χ0v) is 6.14. The molecular formula is C6H12O5. The molecule has 4 N–H and O–H groups in total. The molecule has 0 aliphatic rings. The number of carbonyl (C=O) groups excluding carboxylic acids is 1. The van der Waals surface area contributed by atoms with Crippen molar-refractivity contribution < 1.29 is 25.2 Å². The Labute approximate surface area is 63.9 Å². The minimum absolute atomic E-state index is 0.747. The Morgan fingerprint density at radius 3 is 2.09 bits per heavy atom. The highest BCUT2D eigenvalue weighted by Crippen LogP contribution is 1.97. The standard InChI is InChI=1S/C6H12O5/c1-3(8)5(10)6(11)4(9)2-7/h3-5,7-10H,2H2,1H3/t3-,4-,5-/m0/s1. The van der Waals surface area contributed by atoms with Crippen molar-refractivity contribution in [1.82, 2.24) is 0 Å². The molecular weight excluding hydrogens is 152 g/mol. The van der Waals surface area contributed by atoms with E-state index in [0.29, 0.717) is 0 Å². The predicted octanol–water partition coefficient (Wildman–Crippen LogP) is -2.35. The van der Waals surface area contributed by atoms with Crippen LogP contribution in [0.5, 0.6) is 0 Å². The van der Waals surface area contributed by atoms with Gasteiger partial charge in [-0.3, -0.25) is 4.79 Å². The van der Waals surface area contributed by atoms with Gasteiger partial charge in [0.1, 0.15) is 12.2 Å². The van der Waals surface area contributed by atoms with Gasteiger partial charge in [-0.1, -0.05) is 0 Å². The smallest absolute Gasteiger partial charge is 0.194 e. The van der Waals surface area contributed by atoms with Crippen molar-refractivity contribution in [3.8, 4) is 0 Å². The zero-order valence-electron chi connectivity index (χ0n) is 6.14. The first-order valence-corrected chi connectivity index (χ1v) is 3.19. The van der Waals surface area contributed by atoms with Crippen LogP contribution in [0.1, 0.15) is 6.92 Å². The lowest BCUT2D eigenvalue weighted by Crippen LogP contribution is -2.40. The molecule has 0 unspecified atom stereocenters. The van der Waals surface area contributed by atoms with Gasteiger partial charge in [-0.2, -0.15) is 0 Å². The second-order valence-electron chi connectivity index (χ2n) is 2.29. The zero-order chi connectivity index (χ0) is 9.02. The first-order valence-electron chi connectivity index (χ1n) is 3.19. The molecule has 0 fully saturated rings. The SMILES string of the molecule is C[C@H](O)[C@H](O)C(=O)[C@@H](O)CO. The molecule has 3 atom stereocenters. The van der Waals surface area contributed by atoms with E-state index in [4.69, 9.17) is 20.4 Å². The van der Waals surface area contributed by atoms with Gasteiger partial charge in [-0.15, -0.1) is 0 Å². The van der Waals surface area contributed by atoms with E-state index in [1.54, 1.807) is 0 Å². The largest absolute Gasteiger partial charge is 0.393 e. The van der Waals surface area contributed by atoms with E-state index in [9.17, 15) is 4.79 Å². The van der Waals surface area contributed by atoms with E-state index in [1.165, 1.54) is 6.92 Å². The second-order valence-corrected chi connectivity index (χ2v) is 2.29. The first kappa shape index (κ1) is 10.5. The molecule has 0 amide bonds. The summed E-state index contributed by atoms with van der Waals surface area (Å²) in [6.07, 6.45) is -4.47. The molecule has 0 aromatic carbocycles. The minimum Gasteiger partial charge on any atom is -0.393 e. The van der Waals surface area contributed by atoms with Gasteiger partial charge in [0, 0.05) is 0 Å². The maximum atomic E-state index is 10.7. The number of aliphatic hydroxyl groups excluding tert-OH is 4. The molecule has 0 aliphatic carbocycles. The van der Waals surface area contributed by atoms with Gasteiger partial charge in [-0.05, 0) is 6.92 Å². The van der Waals surface area contributed by atoms with E-state index < -0.39 is 30.7 Å². The van der Waals surface area contributed by atoms with Crippen LogP contribution < -0.4 is 0 Å². The van der Waals surface area contributed by atoms with Crippen molar-refractivity contribution in [1.29, 1.82) is 0 Å². The molecule has 0 spiro atoms. The fourth-order valence-corrected chi connectivity index (χ4v) is 0.525. The lowest BCUT2D eigenvalue weighted by atomic mass is 10.1. The van der Waals surface area contributed by atoms with Gasteiger partial charge in [0.25, 0.3) is 0 Å². The summed E-state index contributed by atoms with van der Waals surface area (Å²) in [5, 5.41) is 34.4. The summed E-state index contributed by atoms with van der Waals surface area (Å²) in [7, 11) is 0. The topological polar surface area (TPSA) is 98.0 Å². The summed E-state index contributed by atoms with van der Waals surface area (Å²) < 4.78 is 0. The van der Waals surface area contributed by atoms with Crippen LogP contribution >= 0.6 is 0 Å². The Kier molecular flexibility index (Phi) is 4.20. The average Bonchev–Trinajstić information content (AvgIpc) is 2.00. The van der Waals surface area contributed by atoms with E-state index >= 15 is 0 Å². The van der Waals surface area contributed by atoms with Crippen molar-refractivity contribution >= 4 is 5.78 Å². The molecule has 0 heterocycles. The van der Waals surface area contributed by atoms with Gasteiger partial charge in [0.2, 0.25) is 0 Å². The third-order valence-corrected chi connectivity index (χ3v) is 1.25. The van der Waals surface area contributed by atoms with Gasteiger partial charge in [0.05, 0.1) is 12.7 Å². The Bertz CT molecular complexity index is 133. The average molecular weight is 164 g/mol. The molecule has 5 nitrogen and oxygen atoms in total. The van der Waals surface area contributed by atoms with Crippen LogP contribution in [0.3, 0.4) is 0 Å². The molecule has 0 rings (SSSR count). The highest BCUT2D eigenvalue weighted by molar-refractivity contribution is 5.87. The molecule has 66 valence electrons. The summed E-state index contributed by atoms with van der Waals surface area (Å²) in [5.41, 5.74) is 0. The van der Waals surface area contributed by atoms with Crippen molar-refractivity contribution in [2.24, 2.45) is 0 Å². The Balaban J connectivity index is 4.02. The van der Waals surface area contributed by atoms with Crippen LogP contribution in [0, 0.1) is 0 Å². The summed E-state index contributed by atoms with van der Waals surface area (Å²) in [4.78, 5) is 10.7. The summed E-state index contributed by atoms with van der Waals surface area (Å²) in [6.45, 7) is 0.468. The van der Waals surface area contributed by atoms with Crippen molar-refractivity contribution in [2.45, 2.75) is 25.2 Å². The molecule has 0 aromatic heterocycles. The van der Waals surface area contributed by atoms with Gasteiger partial charge < -0.3 is 20.4 Å². The monoisotopic (exact) mass is 164 g/mol. The molecule has 0 saturated carbocycles. The predicted molar refractivity (Wildman–Crippen MR) is 35.8 cm³/mol. The van der Waals surface area contributed by atoms with E-state index in [-0.39, 0.29) is 0 Å². The van der Waals surface area contributed by atoms with Gasteiger partial charge in [-0.25, -0.2) is 0 Å². The third-order valence-electron chi connectivity index (χ3n) is 1.25. The number of aliphatic hydroxyl groups is 4. The molecule has 5 heteroatoms. The van der Waals surface area contributed by atoms with E-state index in [1.807, 2.05) is 0 Å². The number of hydrogen-bond donors (Lipinski definition) is 4. The fourth-order valence-electron chi connectivity index (χ4n) is 0.525. The number of rotatable bonds is 4. The Hall–Kier alpha value is -0.490. The summed E-state index contributed by atoms with van der Waals surface area (Å²) in [6, 6.07) is 0. The highest BCUT2D eigenvalue weighted by atomic mass is 16.4. The number of hydrogen-bond acceptors (Lipinski definition) is 5. The maximum Gasteiger partial charge on any atom is 0.194 e. The second kappa shape index (κ2) is 4.40. The lowest BCUT2D eigenvalue weighted by Gasteiger charge is -2.14. The Morgan fingerprint density at radius 1 is 1.36 bits per heavy atom. The maximum absolute atomic E-state index is 10.7. The van der Waals surface area contributed by atoms with Crippen LogP contribution in [0.15, 0.2) is 0 Å². The summed E-state index contributed by atoms with van der Waals surface area (Å²) >= 11 is 0. The molecule has 0 saturated heterocycles. The molecule has 11 heavy (non-hydrogen) atoms. The van der Waals surface area contributed by atoms with Crippen molar-refractivity contribution in [3.05, 3.63) is 0 Å². The van der Waals surface area contributed by atoms with Crippen LogP contribution in [-0.2, 0) is 4.79 Å². The van der Waals surface area contributed by atoms with Crippen LogP contribution in [0.2, 0.25) is 0 Å². The van der Waals surface area contributed by atoms with Crippen LogP contribution in [0.4, 0.5) is 0 Å². The minimum atomic E-state index is -1.63. The van der Waals surface area contributed by atoms with Crippen molar-refractivity contribution in [2.75, 3.05) is 6.61 Å². The van der Waals surface area contributed by atoms with E-state index in [0.717, 1.165) is 0 Å². The number of carbonyl (C=O) groups is 1. The number of ketones is 1. The normalized spacial score (nSPS) is 19.0. The van der Waals surface area contributed by atoms with Crippen LogP contribution in [-0.4, -0.2) is 51.1 Å². The van der Waals surface area contributed by atoms with Gasteiger partial charge >= 0.3 is 0 Å². The third kappa shape index (κ3) is 2.94. The quantitative estimate of drug-likeness (QED) is 0.373. The lowest BCUT2D eigenvalue weighted by molar-refractivity contribution is -0.142. The molecule has 0 radical (unpaired) electrons. The highest BCUT2D eigenvalue weighted by Gasteiger charge is 2.26. The molecule has 0 aromatic rings. The molecule has 0 aliphatic heterocycles. The Morgan fingerprint density at radius 2 is 1.82 bits per heavy atom. The van der Waals surface area contributed by atoms with Crippen molar-refractivity contribution in [3.63, 3.8) is 0 Å². The molecule has 0 bridgehead atoms. The van der Waals surface area contributed by atoms with Crippen LogP contribution in [0.25, 0.3) is 0 Å². The van der Waals surface area contributed by atoms with Gasteiger partial charge in [0.15, 0.2) is 5.78 Å². The van der Waals surface area contributed by atoms with E-state index in [2.05, 4.69) is 0 Å². The first-order chi connectivity index (χ1) is 5.00.